The molecule has 3 amide bonds. The van der Waals surface area contributed by atoms with Crippen LogP contribution in [0.15, 0.2) is 48.5 Å². The lowest BCUT2D eigenvalue weighted by molar-refractivity contribution is -0.117. The first-order valence-corrected chi connectivity index (χ1v) is 8.89. The molecule has 0 aliphatic carbocycles. The summed E-state index contributed by atoms with van der Waals surface area (Å²) < 4.78 is 12.9. The highest BCUT2D eigenvalue weighted by atomic mass is 19.1. The number of hydrogen-bond donors (Lipinski definition) is 2. The smallest absolute Gasteiger partial charge is 0.253 e. The topological polar surface area (TPSA) is 95.7 Å². The van der Waals surface area contributed by atoms with E-state index in [0.717, 1.165) is 0 Å². The van der Waals surface area contributed by atoms with Crippen LogP contribution in [-0.2, 0) is 4.79 Å². The summed E-state index contributed by atoms with van der Waals surface area (Å²) in [7, 11) is 0. The van der Waals surface area contributed by atoms with Gasteiger partial charge in [0.2, 0.25) is 11.8 Å². The maximum atomic E-state index is 12.9. The van der Waals surface area contributed by atoms with Crippen molar-refractivity contribution in [3.8, 4) is 0 Å². The van der Waals surface area contributed by atoms with Gasteiger partial charge in [-0.2, -0.15) is 0 Å². The molecule has 1 saturated heterocycles. The van der Waals surface area contributed by atoms with Crippen LogP contribution in [0.25, 0.3) is 0 Å². The molecule has 0 bridgehead atoms. The van der Waals surface area contributed by atoms with Crippen molar-refractivity contribution in [1.82, 2.24) is 9.80 Å². The van der Waals surface area contributed by atoms with Crippen molar-refractivity contribution in [3.63, 3.8) is 0 Å². The third kappa shape index (κ3) is 4.92. The average Bonchev–Trinajstić information content (AvgIpc) is 2.70. The van der Waals surface area contributed by atoms with Gasteiger partial charge >= 0.3 is 0 Å². The van der Waals surface area contributed by atoms with Crippen LogP contribution < -0.4 is 11.1 Å². The van der Waals surface area contributed by atoms with Crippen molar-refractivity contribution in [2.45, 2.75) is 0 Å². The molecule has 8 heteroatoms. The van der Waals surface area contributed by atoms with Crippen LogP contribution in [0.4, 0.5) is 10.1 Å². The molecule has 1 aliphatic heterocycles. The molecular weight excluding hydrogens is 363 g/mol. The van der Waals surface area contributed by atoms with Crippen LogP contribution in [0.1, 0.15) is 20.7 Å². The van der Waals surface area contributed by atoms with Crippen LogP contribution in [0.2, 0.25) is 0 Å². The van der Waals surface area contributed by atoms with Crippen molar-refractivity contribution in [1.29, 1.82) is 0 Å². The van der Waals surface area contributed by atoms with Gasteiger partial charge in [0.05, 0.1) is 6.54 Å². The Morgan fingerprint density at radius 2 is 1.46 bits per heavy atom. The lowest BCUT2D eigenvalue weighted by atomic mass is 10.1. The molecule has 1 heterocycles. The van der Waals surface area contributed by atoms with E-state index >= 15 is 0 Å². The molecule has 2 aromatic carbocycles. The molecule has 1 fully saturated rings. The number of nitrogens with two attached hydrogens (primary N) is 1. The van der Waals surface area contributed by atoms with Crippen molar-refractivity contribution < 1.29 is 18.8 Å². The van der Waals surface area contributed by atoms with E-state index in [1.165, 1.54) is 36.4 Å². The highest BCUT2D eigenvalue weighted by Crippen LogP contribution is 2.12. The normalized spacial score (nSPS) is 14.5. The Morgan fingerprint density at radius 3 is 2.04 bits per heavy atom. The molecule has 3 N–H and O–H groups in total. The molecule has 28 heavy (non-hydrogen) atoms. The van der Waals surface area contributed by atoms with Crippen LogP contribution in [0.5, 0.6) is 0 Å². The fourth-order valence-corrected chi connectivity index (χ4v) is 3.01. The monoisotopic (exact) mass is 384 g/mol. The predicted molar refractivity (Wildman–Crippen MR) is 102 cm³/mol. The number of anilines is 1. The van der Waals surface area contributed by atoms with Gasteiger partial charge < -0.3 is 16.0 Å². The van der Waals surface area contributed by atoms with E-state index in [1.807, 2.05) is 4.90 Å². The molecule has 2 aromatic rings. The second kappa shape index (κ2) is 8.62. The minimum atomic E-state index is -0.536. The first kappa shape index (κ1) is 19.5. The number of hydrogen-bond acceptors (Lipinski definition) is 4. The zero-order chi connectivity index (χ0) is 20.1. The van der Waals surface area contributed by atoms with Crippen molar-refractivity contribution in [2.75, 3.05) is 38.0 Å². The summed E-state index contributed by atoms with van der Waals surface area (Å²) in [6.07, 6.45) is 0. The van der Waals surface area contributed by atoms with E-state index in [2.05, 4.69) is 5.32 Å². The van der Waals surface area contributed by atoms with Crippen LogP contribution >= 0.6 is 0 Å². The summed E-state index contributed by atoms with van der Waals surface area (Å²) in [5.74, 6) is -1.20. The third-order valence-electron chi connectivity index (χ3n) is 4.57. The first-order chi connectivity index (χ1) is 13.4. The van der Waals surface area contributed by atoms with E-state index in [9.17, 15) is 18.8 Å². The average molecular weight is 384 g/mol. The summed E-state index contributed by atoms with van der Waals surface area (Å²) in [5, 5.41) is 2.73. The molecule has 0 atom stereocenters. The lowest BCUT2D eigenvalue weighted by Gasteiger charge is -2.34. The van der Waals surface area contributed by atoms with E-state index in [4.69, 9.17) is 5.73 Å². The fraction of sp³-hybridized carbons (Fsp3) is 0.250. The molecule has 0 radical (unpaired) electrons. The summed E-state index contributed by atoms with van der Waals surface area (Å²) in [6.45, 7) is 2.34. The Morgan fingerprint density at radius 1 is 0.893 bits per heavy atom. The zero-order valence-corrected chi connectivity index (χ0v) is 15.2. The van der Waals surface area contributed by atoms with E-state index in [1.54, 1.807) is 17.0 Å². The molecule has 0 spiro atoms. The predicted octanol–water partition coefficient (Wildman–Crippen LogP) is 1.32. The Bertz CT molecular complexity index is 860. The van der Waals surface area contributed by atoms with Gasteiger partial charge in [-0.1, -0.05) is 0 Å². The summed E-state index contributed by atoms with van der Waals surface area (Å²) in [4.78, 5) is 39.5. The van der Waals surface area contributed by atoms with Gasteiger partial charge in [0.1, 0.15) is 5.82 Å². The fourth-order valence-electron chi connectivity index (χ4n) is 3.01. The maximum absolute atomic E-state index is 12.9. The first-order valence-electron chi connectivity index (χ1n) is 8.89. The van der Waals surface area contributed by atoms with Crippen molar-refractivity contribution in [3.05, 3.63) is 65.5 Å². The number of carbonyl (C=O) groups excluding carboxylic acids is 3. The molecule has 146 valence electrons. The highest BCUT2D eigenvalue weighted by Gasteiger charge is 2.23. The molecule has 0 aromatic heterocycles. The quantitative estimate of drug-likeness (QED) is 0.813. The standard InChI is InChI=1S/C20H21FN4O3/c21-16-5-7-17(8-6-16)23-18(26)13-24-9-11-25(12-10-24)20(28)15-3-1-14(2-4-15)19(22)27/h1-8H,9-13H2,(H2,22,27)(H,23,26). The summed E-state index contributed by atoms with van der Waals surface area (Å²) >= 11 is 0. The van der Waals surface area contributed by atoms with Crippen LogP contribution in [-0.4, -0.2) is 60.2 Å². The van der Waals surface area contributed by atoms with Gasteiger partial charge in [-0.15, -0.1) is 0 Å². The van der Waals surface area contributed by atoms with Gasteiger partial charge in [0.15, 0.2) is 0 Å². The van der Waals surface area contributed by atoms with E-state index in [0.29, 0.717) is 43.0 Å². The number of amides is 3. The molecule has 3 rings (SSSR count). The number of nitrogens with zero attached hydrogens (tertiary/aromatic N) is 2. The largest absolute Gasteiger partial charge is 0.366 e. The number of nitrogens with one attached hydrogen (secondary N) is 1. The molecule has 7 nitrogen and oxygen atoms in total. The van der Waals surface area contributed by atoms with Gasteiger partial charge in [0, 0.05) is 43.0 Å². The maximum Gasteiger partial charge on any atom is 0.253 e. The van der Waals surface area contributed by atoms with Crippen LogP contribution in [0, 0.1) is 5.82 Å². The molecule has 1 aliphatic rings. The summed E-state index contributed by atoms with van der Waals surface area (Å²) in [5.41, 5.74) is 6.59. The Kier molecular flexibility index (Phi) is 6.00. The van der Waals surface area contributed by atoms with E-state index in [-0.39, 0.29) is 24.2 Å². The number of primary amides is 1. The molecule has 0 unspecified atom stereocenters. The minimum absolute atomic E-state index is 0.119. The van der Waals surface area contributed by atoms with Crippen LogP contribution in [0.3, 0.4) is 0 Å². The second-order valence-corrected chi connectivity index (χ2v) is 6.57. The van der Waals surface area contributed by atoms with Gasteiger partial charge in [0.25, 0.3) is 5.91 Å². The number of halogens is 1. The summed E-state index contributed by atoms with van der Waals surface area (Å²) in [6, 6.07) is 11.8. The van der Waals surface area contributed by atoms with Gasteiger partial charge in [-0.05, 0) is 48.5 Å². The van der Waals surface area contributed by atoms with E-state index < -0.39 is 5.91 Å². The van der Waals surface area contributed by atoms with Gasteiger partial charge in [-0.25, -0.2) is 4.39 Å². The number of piperazine rings is 1. The number of carbonyl (C=O) groups is 3. The zero-order valence-electron chi connectivity index (χ0n) is 15.2. The van der Waals surface area contributed by atoms with Crippen molar-refractivity contribution >= 4 is 23.4 Å². The Balaban J connectivity index is 1.48. The number of rotatable bonds is 5. The molecular formula is C20H21FN4O3. The van der Waals surface area contributed by atoms with Gasteiger partial charge in [-0.3, -0.25) is 19.3 Å². The Hall–Kier alpha value is -3.26. The lowest BCUT2D eigenvalue weighted by Crippen LogP contribution is -2.50. The van der Waals surface area contributed by atoms with Crippen molar-refractivity contribution in [2.24, 2.45) is 5.73 Å². The second-order valence-electron chi connectivity index (χ2n) is 6.57. The number of benzene rings is 2. The Labute approximate surface area is 161 Å². The molecule has 0 saturated carbocycles. The SMILES string of the molecule is NC(=O)c1ccc(C(=O)N2CCN(CC(=O)Nc3ccc(F)cc3)CC2)cc1. The highest BCUT2D eigenvalue weighted by molar-refractivity contribution is 5.97. The minimum Gasteiger partial charge on any atom is -0.366 e. The third-order valence-corrected chi connectivity index (χ3v) is 4.57.